The first-order chi connectivity index (χ1) is 7.20. The zero-order valence-corrected chi connectivity index (χ0v) is 10.1. The van der Waals surface area contributed by atoms with Gasteiger partial charge in [0, 0.05) is 25.3 Å². The van der Waals surface area contributed by atoms with Crippen LogP contribution in [0.2, 0.25) is 0 Å². The Morgan fingerprint density at radius 3 is 2.87 bits per heavy atom. The maximum atomic E-state index is 11.8. The van der Waals surface area contributed by atoms with Gasteiger partial charge in [0.2, 0.25) is 11.8 Å². The molecular formula is C10H18N2O2S. The van der Waals surface area contributed by atoms with E-state index in [2.05, 4.69) is 5.32 Å². The van der Waals surface area contributed by atoms with Gasteiger partial charge in [-0.1, -0.05) is 6.92 Å². The summed E-state index contributed by atoms with van der Waals surface area (Å²) in [6.07, 6.45) is 2.35. The van der Waals surface area contributed by atoms with Gasteiger partial charge in [-0.3, -0.25) is 14.5 Å². The van der Waals surface area contributed by atoms with Gasteiger partial charge in [0.15, 0.2) is 0 Å². The van der Waals surface area contributed by atoms with Crippen molar-refractivity contribution in [1.29, 1.82) is 0 Å². The topological polar surface area (TPSA) is 49.4 Å². The minimum Gasteiger partial charge on any atom is -0.315 e. The van der Waals surface area contributed by atoms with Crippen molar-refractivity contribution in [2.45, 2.75) is 13.3 Å². The molecule has 1 aliphatic rings. The Labute approximate surface area is 94.8 Å². The van der Waals surface area contributed by atoms with Gasteiger partial charge in [-0.25, -0.2) is 0 Å². The minimum absolute atomic E-state index is 0.00672. The highest BCUT2D eigenvalue weighted by atomic mass is 32.2. The second-order valence-electron chi connectivity index (χ2n) is 3.59. The van der Waals surface area contributed by atoms with E-state index in [1.807, 2.05) is 13.2 Å². The molecule has 15 heavy (non-hydrogen) atoms. The third kappa shape index (κ3) is 3.21. The molecule has 0 saturated carbocycles. The van der Waals surface area contributed by atoms with Crippen LogP contribution in [0.3, 0.4) is 0 Å². The molecule has 2 amide bonds. The highest BCUT2D eigenvalue weighted by Gasteiger charge is 2.37. The molecule has 4 nitrogen and oxygen atoms in total. The quantitative estimate of drug-likeness (QED) is 0.528. The van der Waals surface area contributed by atoms with Crippen LogP contribution in [-0.4, -0.2) is 48.4 Å². The Morgan fingerprint density at radius 1 is 1.53 bits per heavy atom. The molecular weight excluding hydrogens is 212 g/mol. The Hall–Kier alpha value is -0.550. The number of amides is 2. The molecule has 0 aromatic rings. The summed E-state index contributed by atoms with van der Waals surface area (Å²) in [6, 6.07) is 0. The van der Waals surface area contributed by atoms with Crippen LogP contribution in [0.1, 0.15) is 13.3 Å². The van der Waals surface area contributed by atoms with Gasteiger partial charge in [-0.15, -0.1) is 0 Å². The average Bonchev–Trinajstić information content (AvgIpc) is 2.46. The van der Waals surface area contributed by atoms with E-state index in [0.29, 0.717) is 19.5 Å². The smallest absolute Gasteiger partial charge is 0.233 e. The molecule has 5 heteroatoms. The van der Waals surface area contributed by atoms with Crippen LogP contribution >= 0.6 is 11.8 Å². The molecule has 0 aromatic heterocycles. The lowest BCUT2D eigenvalue weighted by atomic mass is 10.1. The fourth-order valence-electron chi connectivity index (χ4n) is 1.69. The van der Waals surface area contributed by atoms with Crippen LogP contribution in [0.15, 0.2) is 0 Å². The van der Waals surface area contributed by atoms with E-state index in [1.54, 1.807) is 11.8 Å². The van der Waals surface area contributed by atoms with Crippen molar-refractivity contribution in [3.8, 4) is 0 Å². The molecule has 1 aliphatic heterocycles. The molecule has 0 aliphatic carbocycles. The number of hydrogen-bond acceptors (Lipinski definition) is 4. The van der Waals surface area contributed by atoms with Crippen LogP contribution in [0.5, 0.6) is 0 Å². The molecule has 1 unspecified atom stereocenters. The third-order valence-corrected chi connectivity index (χ3v) is 3.20. The van der Waals surface area contributed by atoms with Crippen molar-refractivity contribution in [3.63, 3.8) is 0 Å². The lowest BCUT2D eigenvalue weighted by molar-refractivity contribution is -0.139. The molecule has 0 radical (unpaired) electrons. The molecule has 1 atom stereocenters. The number of carbonyl (C=O) groups is 2. The van der Waals surface area contributed by atoms with Crippen molar-refractivity contribution in [2.75, 3.05) is 31.6 Å². The van der Waals surface area contributed by atoms with Crippen molar-refractivity contribution >= 4 is 23.6 Å². The van der Waals surface area contributed by atoms with Gasteiger partial charge in [0.05, 0.1) is 5.92 Å². The summed E-state index contributed by atoms with van der Waals surface area (Å²) in [5, 5.41) is 3.11. The lowest BCUT2D eigenvalue weighted by Crippen LogP contribution is -2.37. The zero-order chi connectivity index (χ0) is 11.3. The van der Waals surface area contributed by atoms with Crippen molar-refractivity contribution in [1.82, 2.24) is 10.2 Å². The predicted molar refractivity (Wildman–Crippen MR) is 61.8 cm³/mol. The fraction of sp³-hybridized carbons (Fsp3) is 0.800. The van der Waals surface area contributed by atoms with Crippen molar-refractivity contribution in [3.05, 3.63) is 0 Å². The maximum Gasteiger partial charge on any atom is 0.233 e. The SMILES string of the molecule is CCNCCN1C(=O)CC(CSC)C1=O. The number of imide groups is 1. The van der Waals surface area contributed by atoms with Crippen molar-refractivity contribution < 1.29 is 9.59 Å². The summed E-state index contributed by atoms with van der Waals surface area (Å²) in [7, 11) is 0. The first-order valence-electron chi connectivity index (χ1n) is 5.24. The highest BCUT2D eigenvalue weighted by molar-refractivity contribution is 7.98. The summed E-state index contributed by atoms with van der Waals surface area (Å²) < 4.78 is 0. The zero-order valence-electron chi connectivity index (χ0n) is 9.28. The number of likely N-dealkylation sites (tertiary alicyclic amines) is 1. The molecule has 1 N–H and O–H groups in total. The second kappa shape index (κ2) is 6.12. The van der Waals surface area contributed by atoms with Gasteiger partial charge in [-0.2, -0.15) is 11.8 Å². The summed E-state index contributed by atoms with van der Waals surface area (Å²) >= 11 is 1.62. The number of hydrogen-bond donors (Lipinski definition) is 1. The minimum atomic E-state index is -0.0888. The number of likely N-dealkylation sites (N-methyl/N-ethyl adjacent to an activating group) is 1. The van der Waals surface area contributed by atoms with Crippen LogP contribution in [0.4, 0.5) is 0 Å². The number of thioether (sulfide) groups is 1. The largest absolute Gasteiger partial charge is 0.315 e. The Morgan fingerprint density at radius 2 is 2.27 bits per heavy atom. The predicted octanol–water partition coefficient (Wildman–Crippen LogP) is 0.334. The van der Waals surface area contributed by atoms with E-state index in [9.17, 15) is 9.59 Å². The van der Waals surface area contributed by atoms with E-state index in [1.165, 1.54) is 4.90 Å². The third-order valence-electron chi connectivity index (χ3n) is 2.47. The van der Waals surface area contributed by atoms with Gasteiger partial charge in [0.25, 0.3) is 0 Å². The standard InChI is InChI=1S/C10H18N2O2S/c1-3-11-4-5-12-9(13)6-8(7-15-2)10(12)14/h8,11H,3-7H2,1-2H3. The van der Waals surface area contributed by atoms with E-state index >= 15 is 0 Å². The maximum absolute atomic E-state index is 11.8. The molecule has 86 valence electrons. The Balaban J connectivity index is 2.44. The van der Waals surface area contributed by atoms with Crippen LogP contribution < -0.4 is 5.32 Å². The number of nitrogens with zero attached hydrogens (tertiary/aromatic N) is 1. The molecule has 1 heterocycles. The number of nitrogens with one attached hydrogen (secondary N) is 1. The number of carbonyl (C=O) groups excluding carboxylic acids is 2. The first-order valence-corrected chi connectivity index (χ1v) is 6.64. The molecule has 0 bridgehead atoms. The molecule has 0 aromatic carbocycles. The summed E-state index contributed by atoms with van der Waals surface area (Å²) in [5.74, 6) is 0.653. The van der Waals surface area contributed by atoms with E-state index in [0.717, 1.165) is 12.3 Å². The summed E-state index contributed by atoms with van der Waals surface area (Å²) in [5.41, 5.74) is 0. The monoisotopic (exact) mass is 230 g/mol. The highest BCUT2D eigenvalue weighted by Crippen LogP contribution is 2.21. The van der Waals surface area contributed by atoms with Crippen LogP contribution in [0.25, 0.3) is 0 Å². The van der Waals surface area contributed by atoms with Gasteiger partial charge >= 0.3 is 0 Å². The Kier molecular flexibility index (Phi) is 5.11. The van der Waals surface area contributed by atoms with Gasteiger partial charge in [-0.05, 0) is 12.8 Å². The fourth-order valence-corrected chi connectivity index (χ4v) is 2.35. The summed E-state index contributed by atoms with van der Waals surface area (Å²) in [6.45, 7) is 4.07. The summed E-state index contributed by atoms with van der Waals surface area (Å²) in [4.78, 5) is 24.7. The van der Waals surface area contributed by atoms with Crippen LogP contribution in [-0.2, 0) is 9.59 Å². The normalized spacial score (nSPS) is 21.5. The molecule has 1 saturated heterocycles. The van der Waals surface area contributed by atoms with Crippen molar-refractivity contribution in [2.24, 2.45) is 5.92 Å². The molecule has 1 rings (SSSR count). The van der Waals surface area contributed by atoms with Gasteiger partial charge < -0.3 is 5.32 Å². The molecule has 1 fully saturated rings. The van der Waals surface area contributed by atoms with Crippen LogP contribution in [0, 0.1) is 5.92 Å². The van der Waals surface area contributed by atoms with E-state index in [-0.39, 0.29) is 17.7 Å². The van der Waals surface area contributed by atoms with E-state index < -0.39 is 0 Å². The van der Waals surface area contributed by atoms with E-state index in [4.69, 9.17) is 0 Å². The second-order valence-corrected chi connectivity index (χ2v) is 4.50. The average molecular weight is 230 g/mol. The van der Waals surface area contributed by atoms with Gasteiger partial charge in [0.1, 0.15) is 0 Å². The Bertz CT molecular complexity index is 246. The molecule has 0 spiro atoms. The number of rotatable bonds is 6. The first kappa shape index (κ1) is 12.5. The lowest BCUT2D eigenvalue weighted by Gasteiger charge is -2.14.